The second-order valence-electron chi connectivity index (χ2n) is 5.94. The minimum atomic E-state index is -4.34. The van der Waals surface area contributed by atoms with Crippen LogP contribution in [0.2, 0.25) is 0 Å². The summed E-state index contributed by atoms with van der Waals surface area (Å²) < 4.78 is 44.1. The molecule has 0 radical (unpaired) electrons. The summed E-state index contributed by atoms with van der Waals surface area (Å²) in [5.74, 6) is 0.730. The van der Waals surface area contributed by atoms with Crippen LogP contribution in [-0.2, 0) is 6.18 Å². The SMILES string of the molecule is FC(F)(F)c1ccc(-c2cc(OC3CC3)cc3cccnc23)cc1. The van der Waals surface area contributed by atoms with Gasteiger partial charge in [0.05, 0.1) is 17.2 Å². The van der Waals surface area contributed by atoms with Crippen LogP contribution in [0.4, 0.5) is 13.2 Å². The maximum Gasteiger partial charge on any atom is 0.416 e. The van der Waals surface area contributed by atoms with E-state index in [9.17, 15) is 13.2 Å². The predicted molar refractivity (Wildman–Crippen MR) is 85.8 cm³/mol. The zero-order valence-electron chi connectivity index (χ0n) is 12.7. The number of hydrogen-bond donors (Lipinski definition) is 0. The highest BCUT2D eigenvalue weighted by Crippen LogP contribution is 2.36. The van der Waals surface area contributed by atoms with Crippen LogP contribution >= 0.6 is 0 Å². The van der Waals surface area contributed by atoms with Crippen molar-refractivity contribution >= 4 is 10.9 Å². The molecule has 24 heavy (non-hydrogen) atoms. The Morgan fingerprint density at radius 3 is 2.42 bits per heavy atom. The van der Waals surface area contributed by atoms with Crippen LogP contribution in [0, 0.1) is 0 Å². The van der Waals surface area contributed by atoms with Gasteiger partial charge in [-0.25, -0.2) is 0 Å². The lowest BCUT2D eigenvalue weighted by atomic mass is 10.00. The van der Waals surface area contributed by atoms with Crippen LogP contribution in [0.3, 0.4) is 0 Å². The third-order valence-corrected chi connectivity index (χ3v) is 4.03. The quantitative estimate of drug-likeness (QED) is 0.636. The third-order valence-electron chi connectivity index (χ3n) is 4.03. The number of hydrogen-bond acceptors (Lipinski definition) is 2. The zero-order chi connectivity index (χ0) is 16.7. The molecular weight excluding hydrogens is 315 g/mol. The van der Waals surface area contributed by atoms with E-state index < -0.39 is 11.7 Å². The largest absolute Gasteiger partial charge is 0.490 e. The highest BCUT2D eigenvalue weighted by atomic mass is 19.4. The zero-order valence-corrected chi connectivity index (χ0v) is 12.7. The van der Waals surface area contributed by atoms with Gasteiger partial charge in [0.2, 0.25) is 0 Å². The Hall–Kier alpha value is -2.56. The molecule has 5 heteroatoms. The lowest BCUT2D eigenvalue weighted by molar-refractivity contribution is -0.137. The smallest absolute Gasteiger partial charge is 0.416 e. The second-order valence-corrected chi connectivity index (χ2v) is 5.94. The monoisotopic (exact) mass is 329 g/mol. The van der Waals surface area contributed by atoms with E-state index in [4.69, 9.17) is 4.74 Å². The molecule has 1 aromatic heterocycles. The molecule has 1 fully saturated rings. The Labute approximate surface area is 136 Å². The summed E-state index contributed by atoms with van der Waals surface area (Å²) in [5, 5.41) is 0.908. The van der Waals surface area contributed by atoms with Crippen molar-refractivity contribution in [2.75, 3.05) is 0 Å². The molecule has 4 rings (SSSR count). The first kappa shape index (κ1) is 15.0. The molecule has 1 aliphatic carbocycles. The van der Waals surface area contributed by atoms with Crippen LogP contribution in [0.1, 0.15) is 18.4 Å². The molecular formula is C19H14F3NO. The number of pyridine rings is 1. The molecule has 0 unspecified atom stereocenters. The molecule has 1 heterocycles. The summed E-state index contributed by atoms with van der Waals surface area (Å²) in [6, 6.07) is 12.7. The number of aromatic nitrogens is 1. The van der Waals surface area contributed by atoms with Gasteiger partial charge in [-0.3, -0.25) is 4.98 Å². The third kappa shape index (κ3) is 2.94. The first-order chi connectivity index (χ1) is 11.5. The number of halogens is 3. The fraction of sp³-hybridized carbons (Fsp3) is 0.211. The molecule has 0 aliphatic heterocycles. The van der Waals surface area contributed by atoms with Crippen LogP contribution in [0.15, 0.2) is 54.7 Å². The number of alkyl halides is 3. The normalized spacial score (nSPS) is 14.8. The molecule has 2 aromatic carbocycles. The van der Waals surface area contributed by atoms with Crippen LogP contribution in [0.25, 0.3) is 22.0 Å². The van der Waals surface area contributed by atoms with Gasteiger partial charge in [0.1, 0.15) is 5.75 Å². The Morgan fingerprint density at radius 1 is 1.00 bits per heavy atom. The van der Waals surface area contributed by atoms with Crippen molar-refractivity contribution in [1.82, 2.24) is 4.98 Å². The van der Waals surface area contributed by atoms with Crippen molar-refractivity contribution in [2.45, 2.75) is 25.1 Å². The van der Waals surface area contributed by atoms with E-state index in [1.54, 1.807) is 6.20 Å². The number of ether oxygens (including phenoxy) is 1. The van der Waals surface area contributed by atoms with Gasteiger partial charge >= 0.3 is 6.18 Å². The van der Waals surface area contributed by atoms with Gasteiger partial charge in [-0.05, 0) is 48.7 Å². The fourth-order valence-electron chi connectivity index (χ4n) is 2.67. The summed E-state index contributed by atoms with van der Waals surface area (Å²) in [6.07, 6.45) is -0.325. The molecule has 1 aliphatic rings. The van der Waals surface area contributed by atoms with E-state index in [0.29, 0.717) is 5.56 Å². The predicted octanol–water partition coefficient (Wildman–Crippen LogP) is 5.46. The molecule has 0 spiro atoms. The Balaban J connectivity index is 1.81. The topological polar surface area (TPSA) is 22.1 Å². The molecule has 3 aromatic rings. The van der Waals surface area contributed by atoms with Gasteiger partial charge in [0.25, 0.3) is 0 Å². The number of nitrogens with zero attached hydrogens (tertiary/aromatic N) is 1. The minimum Gasteiger partial charge on any atom is -0.490 e. The van der Waals surface area contributed by atoms with Gasteiger partial charge in [-0.1, -0.05) is 18.2 Å². The van der Waals surface area contributed by atoms with Gasteiger partial charge in [0.15, 0.2) is 0 Å². The summed E-state index contributed by atoms with van der Waals surface area (Å²) in [7, 11) is 0. The van der Waals surface area contributed by atoms with Crippen LogP contribution in [0.5, 0.6) is 5.75 Å². The Morgan fingerprint density at radius 2 is 1.75 bits per heavy atom. The van der Waals surface area contributed by atoms with Crippen LogP contribution in [-0.4, -0.2) is 11.1 Å². The first-order valence-corrected chi connectivity index (χ1v) is 7.74. The van der Waals surface area contributed by atoms with E-state index in [1.165, 1.54) is 12.1 Å². The van der Waals surface area contributed by atoms with Gasteiger partial charge < -0.3 is 4.74 Å². The minimum absolute atomic E-state index is 0.250. The fourth-order valence-corrected chi connectivity index (χ4v) is 2.67. The van der Waals surface area contributed by atoms with E-state index in [2.05, 4.69) is 4.98 Å². The van der Waals surface area contributed by atoms with E-state index in [1.807, 2.05) is 24.3 Å². The standard InChI is InChI=1S/C19H14F3NO/c20-19(21,22)14-5-3-12(4-6-14)17-11-16(24-15-7-8-15)10-13-2-1-9-23-18(13)17/h1-6,9-11,15H,7-8H2. The summed E-state index contributed by atoms with van der Waals surface area (Å²) in [4.78, 5) is 4.39. The van der Waals surface area contributed by atoms with E-state index in [-0.39, 0.29) is 6.10 Å². The van der Waals surface area contributed by atoms with E-state index in [0.717, 1.165) is 47.2 Å². The van der Waals surface area contributed by atoms with Crippen molar-refractivity contribution < 1.29 is 17.9 Å². The van der Waals surface area contributed by atoms with Gasteiger partial charge in [-0.2, -0.15) is 13.2 Å². The molecule has 1 saturated carbocycles. The van der Waals surface area contributed by atoms with Gasteiger partial charge in [-0.15, -0.1) is 0 Å². The van der Waals surface area contributed by atoms with Crippen molar-refractivity contribution in [3.05, 3.63) is 60.3 Å². The lowest BCUT2D eigenvalue weighted by Gasteiger charge is -2.12. The molecule has 0 saturated heterocycles. The summed E-state index contributed by atoms with van der Waals surface area (Å²) in [6.45, 7) is 0. The molecule has 0 atom stereocenters. The van der Waals surface area contributed by atoms with Crippen molar-refractivity contribution in [2.24, 2.45) is 0 Å². The Kier molecular flexibility index (Phi) is 3.44. The Bertz CT molecular complexity index is 883. The van der Waals surface area contributed by atoms with Gasteiger partial charge in [0, 0.05) is 17.1 Å². The highest BCUT2D eigenvalue weighted by molar-refractivity contribution is 5.94. The van der Waals surface area contributed by atoms with Crippen molar-refractivity contribution in [3.8, 4) is 16.9 Å². The molecule has 0 N–H and O–H groups in total. The molecule has 0 amide bonds. The average molecular weight is 329 g/mol. The number of benzene rings is 2. The summed E-state index contributed by atoms with van der Waals surface area (Å²) >= 11 is 0. The van der Waals surface area contributed by atoms with Crippen LogP contribution < -0.4 is 4.74 Å². The highest BCUT2D eigenvalue weighted by Gasteiger charge is 2.30. The maximum absolute atomic E-state index is 12.8. The lowest BCUT2D eigenvalue weighted by Crippen LogP contribution is -2.04. The van der Waals surface area contributed by atoms with Crippen molar-refractivity contribution in [3.63, 3.8) is 0 Å². The number of fused-ring (bicyclic) bond motifs is 1. The van der Waals surface area contributed by atoms with E-state index >= 15 is 0 Å². The summed E-state index contributed by atoms with van der Waals surface area (Å²) in [5.41, 5.74) is 1.56. The molecule has 0 bridgehead atoms. The average Bonchev–Trinajstić information content (AvgIpc) is 3.37. The molecule has 122 valence electrons. The maximum atomic E-state index is 12.8. The first-order valence-electron chi connectivity index (χ1n) is 7.74. The van der Waals surface area contributed by atoms with Crippen molar-refractivity contribution in [1.29, 1.82) is 0 Å². The number of rotatable bonds is 3. The molecule has 2 nitrogen and oxygen atoms in total. The second kappa shape index (κ2) is 5.51.